The maximum atomic E-state index is 11.9. The molecule has 2 N–H and O–H groups in total. The first-order valence-electron chi connectivity index (χ1n) is 9.74. The van der Waals surface area contributed by atoms with Crippen LogP contribution in [0.3, 0.4) is 0 Å². The molecule has 28 heavy (non-hydrogen) atoms. The highest BCUT2D eigenvalue weighted by Gasteiger charge is 2.20. The Morgan fingerprint density at radius 2 is 1.54 bits per heavy atom. The van der Waals surface area contributed by atoms with Crippen molar-refractivity contribution in [1.29, 1.82) is 0 Å². The maximum Gasteiger partial charge on any atom is 0.341 e. The van der Waals surface area contributed by atoms with Crippen LogP contribution in [0.5, 0.6) is 11.5 Å². The van der Waals surface area contributed by atoms with Crippen LogP contribution < -0.4 is 0 Å². The second kappa shape index (κ2) is 11.4. The second-order valence-electron chi connectivity index (χ2n) is 7.55. The summed E-state index contributed by atoms with van der Waals surface area (Å²) in [5.74, 6) is -0.882. The fraction of sp³-hybridized carbons (Fsp3) is 0.458. The molecule has 154 valence electrons. The SMILES string of the molecule is COC(=O)c1c(O)cc(O)c(C/C=C(\C)CC/C=C(\C)CCC=C(C)C)c1C. The molecule has 0 spiro atoms. The zero-order valence-corrected chi connectivity index (χ0v) is 18.1. The van der Waals surface area contributed by atoms with Crippen molar-refractivity contribution < 1.29 is 19.7 Å². The van der Waals surface area contributed by atoms with Crippen LogP contribution in [-0.4, -0.2) is 23.3 Å². The van der Waals surface area contributed by atoms with Crippen LogP contribution in [0.1, 0.15) is 74.9 Å². The van der Waals surface area contributed by atoms with E-state index in [9.17, 15) is 15.0 Å². The standard InChI is InChI=1S/C24H34O4/c1-16(2)9-7-10-17(3)11-8-12-18(4)13-14-20-19(5)23(24(27)28-6)22(26)15-21(20)25/h9,11,13,15,25-26H,7-8,10,12,14H2,1-6H3/b17-11+,18-13+. The van der Waals surface area contributed by atoms with Crippen LogP contribution in [0.15, 0.2) is 41.0 Å². The molecule has 0 unspecified atom stereocenters. The average molecular weight is 387 g/mol. The van der Waals surface area contributed by atoms with E-state index in [0.717, 1.165) is 25.7 Å². The molecule has 0 aliphatic carbocycles. The molecule has 1 aromatic rings. The van der Waals surface area contributed by atoms with E-state index in [2.05, 4.69) is 45.9 Å². The average Bonchev–Trinajstić information content (AvgIpc) is 2.60. The molecule has 1 aromatic carbocycles. The molecule has 0 fully saturated rings. The van der Waals surface area contributed by atoms with Gasteiger partial charge in [-0.25, -0.2) is 4.79 Å². The van der Waals surface area contributed by atoms with E-state index in [-0.39, 0.29) is 17.1 Å². The van der Waals surface area contributed by atoms with Crippen molar-refractivity contribution in [2.75, 3.05) is 7.11 Å². The van der Waals surface area contributed by atoms with Crippen molar-refractivity contribution >= 4 is 5.97 Å². The monoisotopic (exact) mass is 386 g/mol. The van der Waals surface area contributed by atoms with Crippen LogP contribution in [0.2, 0.25) is 0 Å². The lowest BCUT2D eigenvalue weighted by Crippen LogP contribution is -2.06. The van der Waals surface area contributed by atoms with Gasteiger partial charge in [-0.05, 0) is 72.3 Å². The van der Waals surface area contributed by atoms with Crippen molar-refractivity contribution in [2.24, 2.45) is 0 Å². The van der Waals surface area contributed by atoms with Gasteiger partial charge in [-0.3, -0.25) is 0 Å². The van der Waals surface area contributed by atoms with Gasteiger partial charge in [-0.2, -0.15) is 0 Å². The summed E-state index contributed by atoms with van der Waals surface area (Å²) in [6.07, 6.45) is 11.2. The van der Waals surface area contributed by atoms with Gasteiger partial charge in [0.2, 0.25) is 0 Å². The number of ether oxygens (including phenoxy) is 1. The van der Waals surface area contributed by atoms with Crippen LogP contribution >= 0.6 is 0 Å². The van der Waals surface area contributed by atoms with Crippen LogP contribution in [-0.2, 0) is 11.2 Å². The molecule has 0 saturated heterocycles. The van der Waals surface area contributed by atoms with Crippen molar-refractivity contribution in [2.45, 2.75) is 66.7 Å². The highest BCUT2D eigenvalue weighted by atomic mass is 16.5. The minimum atomic E-state index is -0.606. The van der Waals surface area contributed by atoms with Crippen LogP contribution in [0.25, 0.3) is 0 Å². The Morgan fingerprint density at radius 1 is 0.964 bits per heavy atom. The lowest BCUT2D eigenvalue weighted by molar-refractivity contribution is 0.0596. The molecule has 0 radical (unpaired) electrons. The fourth-order valence-corrected chi connectivity index (χ4v) is 3.06. The Kier molecular flexibility index (Phi) is 9.57. The normalized spacial score (nSPS) is 12.1. The summed E-state index contributed by atoms with van der Waals surface area (Å²) >= 11 is 0. The summed E-state index contributed by atoms with van der Waals surface area (Å²) in [4.78, 5) is 11.9. The summed E-state index contributed by atoms with van der Waals surface area (Å²) in [5, 5.41) is 20.1. The molecule has 0 saturated carbocycles. The van der Waals surface area contributed by atoms with Gasteiger partial charge in [-0.15, -0.1) is 0 Å². The van der Waals surface area contributed by atoms with E-state index in [1.807, 2.05) is 0 Å². The minimum absolute atomic E-state index is 0.0123. The van der Waals surface area contributed by atoms with Crippen molar-refractivity contribution in [3.8, 4) is 11.5 Å². The third kappa shape index (κ3) is 7.26. The molecular formula is C24H34O4. The number of phenols is 2. The number of carbonyl (C=O) groups is 1. The fourth-order valence-electron chi connectivity index (χ4n) is 3.06. The molecule has 0 aliphatic rings. The molecule has 0 atom stereocenters. The van der Waals surface area contributed by atoms with Gasteiger partial charge in [0.25, 0.3) is 0 Å². The number of allylic oxidation sites excluding steroid dienone is 6. The summed E-state index contributed by atoms with van der Waals surface area (Å²) < 4.78 is 4.73. The van der Waals surface area contributed by atoms with Gasteiger partial charge in [0.05, 0.1) is 7.11 Å². The molecule has 0 aliphatic heterocycles. The smallest absolute Gasteiger partial charge is 0.341 e. The van der Waals surface area contributed by atoms with Gasteiger partial charge in [0, 0.05) is 11.6 Å². The Bertz CT molecular complexity index is 778. The van der Waals surface area contributed by atoms with Gasteiger partial charge in [-0.1, -0.05) is 34.9 Å². The lowest BCUT2D eigenvalue weighted by atomic mass is 9.96. The summed E-state index contributed by atoms with van der Waals surface area (Å²) in [5.41, 5.74) is 5.26. The van der Waals surface area contributed by atoms with E-state index in [1.54, 1.807) is 6.92 Å². The Morgan fingerprint density at radius 3 is 2.11 bits per heavy atom. The first-order chi connectivity index (χ1) is 13.2. The van der Waals surface area contributed by atoms with Crippen molar-refractivity contribution in [3.63, 3.8) is 0 Å². The largest absolute Gasteiger partial charge is 0.508 e. The quantitative estimate of drug-likeness (QED) is 0.394. The number of benzene rings is 1. The van der Waals surface area contributed by atoms with Gasteiger partial charge < -0.3 is 14.9 Å². The topological polar surface area (TPSA) is 66.8 Å². The van der Waals surface area contributed by atoms with E-state index in [0.29, 0.717) is 17.5 Å². The number of rotatable bonds is 9. The van der Waals surface area contributed by atoms with Crippen molar-refractivity contribution in [3.05, 3.63) is 57.7 Å². The summed E-state index contributed by atoms with van der Waals surface area (Å²) in [6.45, 7) is 10.2. The number of carbonyl (C=O) groups excluding carboxylic acids is 1. The molecule has 0 bridgehead atoms. The molecule has 0 amide bonds. The molecule has 4 nitrogen and oxygen atoms in total. The van der Waals surface area contributed by atoms with E-state index < -0.39 is 5.97 Å². The summed E-state index contributed by atoms with van der Waals surface area (Å²) in [7, 11) is 1.27. The van der Waals surface area contributed by atoms with Gasteiger partial charge in [0.1, 0.15) is 17.1 Å². The zero-order chi connectivity index (χ0) is 21.3. The number of methoxy groups -OCH3 is 1. The third-order valence-electron chi connectivity index (χ3n) is 4.83. The highest BCUT2D eigenvalue weighted by Crippen LogP contribution is 2.33. The van der Waals surface area contributed by atoms with Crippen LogP contribution in [0, 0.1) is 6.92 Å². The van der Waals surface area contributed by atoms with Gasteiger partial charge >= 0.3 is 5.97 Å². The predicted octanol–water partition coefficient (Wildman–Crippen LogP) is 6.15. The second-order valence-corrected chi connectivity index (χ2v) is 7.55. The maximum absolute atomic E-state index is 11.9. The Hall–Kier alpha value is -2.49. The van der Waals surface area contributed by atoms with E-state index in [4.69, 9.17) is 4.74 Å². The van der Waals surface area contributed by atoms with Gasteiger partial charge in [0.15, 0.2) is 0 Å². The zero-order valence-electron chi connectivity index (χ0n) is 18.1. The van der Waals surface area contributed by atoms with Crippen LogP contribution in [0.4, 0.5) is 0 Å². The third-order valence-corrected chi connectivity index (χ3v) is 4.83. The highest BCUT2D eigenvalue weighted by molar-refractivity contribution is 5.94. The Balaban J connectivity index is 2.75. The molecule has 4 heteroatoms. The number of aromatic hydroxyl groups is 2. The summed E-state index contributed by atoms with van der Waals surface area (Å²) in [6, 6.07) is 1.20. The number of hydrogen-bond acceptors (Lipinski definition) is 4. The first-order valence-corrected chi connectivity index (χ1v) is 9.74. The molecule has 0 aromatic heterocycles. The van der Waals surface area contributed by atoms with E-state index >= 15 is 0 Å². The molecular weight excluding hydrogens is 352 g/mol. The first kappa shape index (κ1) is 23.5. The lowest BCUT2D eigenvalue weighted by Gasteiger charge is -2.13. The van der Waals surface area contributed by atoms with Crippen molar-refractivity contribution in [1.82, 2.24) is 0 Å². The number of hydrogen-bond donors (Lipinski definition) is 2. The molecule has 1 rings (SSSR count). The van der Waals surface area contributed by atoms with E-state index in [1.165, 1.54) is 29.9 Å². The Labute approximate surface area is 169 Å². The minimum Gasteiger partial charge on any atom is -0.508 e. The number of phenolic OH excluding ortho intramolecular Hbond substituents is 2. The predicted molar refractivity (Wildman–Crippen MR) is 115 cm³/mol. The number of esters is 1. The molecule has 0 heterocycles.